The second-order valence-corrected chi connectivity index (χ2v) is 5.36. The molecule has 2 aromatic carbocycles. The van der Waals surface area contributed by atoms with E-state index in [1.807, 2.05) is 43.3 Å². The minimum Gasteiger partial charge on any atom is -0.482 e. The lowest BCUT2D eigenvalue weighted by molar-refractivity contribution is -0.118. The van der Waals surface area contributed by atoms with Gasteiger partial charge in [0.15, 0.2) is 6.61 Å². The van der Waals surface area contributed by atoms with Crippen LogP contribution in [0.15, 0.2) is 36.4 Å². The first-order valence-corrected chi connectivity index (χ1v) is 7.18. The summed E-state index contributed by atoms with van der Waals surface area (Å²) in [6.45, 7) is 1.97. The molecule has 1 heterocycles. The number of nitrogens with one attached hydrogen (secondary N) is 1. The molecule has 1 aliphatic rings. The average molecular weight is 308 g/mol. The number of hydrogen-bond donors (Lipinski definition) is 2. The van der Waals surface area contributed by atoms with Crippen LogP contribution in [-0.2, 0) is 4.79 Å². The predicted molar refractivity (Wildman–Crippen MR) is 89.2 cm³/mol. The number of primary amides is 1. The molecule has 5 heteroatoms. The molecule has 0 bridgehead atoms. The van der Waals surface area contributed by atoms with Crippen molar-refractivity contribution in [2.24, 2.45) is 5.73 Å². The van der Waals surface area contributed by atoms with Crippen LogP contribution in [0.5, 0.6) is 5.75 Å². The summed E-state index contributed by atoms with van der Waals surface area (Å²) in [7, 11) is 0. The predicted octanol–water partition coefficient (Wildman–Crippen LogP) is 2.60. The van der Waals surface area contributed by atoms with Crippen LogP contribution in [0.25, 0.3) is 12.2 Å². The molecule has 0 aromatic heterocycles. The molecule has 1 aliphatic heterocycles. The average Bonchev–Trinajstić information content (AvgIpc) is 2.53. The number of anilines is 1. The van der Waals surface area contributed by atoms with Gasteiger partial charge in [-0.1, -0.05) is 24.3 Å². The van der Waals surface area contributed by atoms with Crippen molar-refractivity contribution in [1.82, 2.24) is 0 Å². The molecule has 23 heavy (non-hydrogen) atoms. The van der Waals surface area contributed by atoms with Gasteiger partial charge in [-0.25, -0.2) is 0 Å². The van der Waals surface area contributed by atoms with Gasteiger partial charge in [-0.05, 0) is 47.9 Å². The highest BCUT2D eigenvalue weighted by molar-refractivity contribution is 5.96. The zero-order chi connectivity index (χ0) is 16.4. The first kappa shape index (κ1) is 14.8. The van der Waals surface area contributed by atoms with Gasteiger partial charge in [0.1, 0.15) is 5.75 Å². The smallest absolute Gasteiger partial charge is 0.262 e. The van der Waals surface area contributed by atoms with Gasteiger partial charge in [0, 0.05) is 5.56 Å². The zero-order valence-corrected chi connectivity index (χ0v) is 12.6. The fourth-order valence-corrected chi connectivity index (χ4v) is 2.41. The summed E-state index contributed by atoms with van der Waals surface area (Å²) in [5, 5.41) is 2.78. The molecule has 0 spiro atoms. The molecule has 5 nitrogen and oxygen atoms in total. The third-order valence-electron chi connectivity index (χ3n) is 3.65. The van der Waals surface area contributed by atoms with E-state index in [4.69, 9.17) is 10.5 Å². The van der Waals surface area contributed by atoms with Crippen LogP contribution >= 0.6 is 0 Å². The molecule has 0 aliphatic carbocycles. The molecule has 3 N–H and O–H groups in total. The van der Waals surface area contributed by atoms with Gasteiger partial charge in [-0.15, -0.1) is 0 Å². The van der Waals surface area contributed by atoms with E-state index >= 15 is 0 Å². The van der Waals surface area contributed by atoms with E-state index in [9.17, 15) is 9.59 Å². The number of aryl methyl sites for hydroxylation is 1. The fourth-order valence-electron chi connectivity index (χ4n) is 2.41. The molecule has 0 atom stereocenters. The lowest BCUT2D eigenvalue weighted by Crippen LogP contribution is -2.25. The monoisotopic (exact) mass is 308 g/mol. The number of fused-ring (bicyclic) bond motifs is 1. The summed E-state index contributed by atoms with van der Waals surface area (Å²) in [5.41, 5.74) is 9.33. The SMILES string of the molecule is Cc1cc(C(N)=O)ccc1C=Cc1ccc2c(c1)NC(=O)CO2. The summed E-state index contributed by atoms with van der Waals surface area (Å²) >= 11 is 0. The molecule has 2 aromatic rings. The van der Waals surface area contributed by atoms with E-state index in [1.165, 1.54) is 0 Å². The highest BCUT2D eigenvalue weighted by atomic mass is 16.5. The number of rotatable bonds is 3. The van der Waals surface area contributed by atoms with Crippen LogP contribution in [0.1, 0.15) is 27.0 Å². The van der Waals surface area contributed by atoms with Gasteiger partial charge in [0.25, 0.3) is 5.91 Å². The maximum absolute atomic E-state index is 11.4. The third kappa shape index (κ3) is 3.23. The van der Waals surface area contributed by atoms with Crippen molar-refractivity contribution in [1.29, 1.82) is 0 Å². The summed E-state index contributed by atoms with van der Waals surface area (Å²) in [6.07, 6.45) is 3.89. The molecule has 0 saturated carbocycles. The van der Waals surface area contributed by atoms with Crippen LogP contribution in [0, 0.1) is 6.92 Å². The Morgan fingerprint density at radius 3 is 2.78 bits per heavy atom. The summed E-state index contributed by atoms with van der Waals surface area (Å²) < 4.78 is 5.33. The number of nitrogens with two attached hydrogens (primary N) is 1. The molecule has 0 radical (unpaired) electrons. The maximum atomic E-state index is 11.4. The Morgan fingerprint density at radius 2 is 2.04 bits per heavy atom. The highest BCUT2D eigenvalue weighted by Gasteiger charge is 2.15. The lowest BCUT2D eigenvalue weighted by Gasteiger charge is -2.17. The number of carbonyl (C=O) groups is 2. The molecule has 116 valence electrons. The Labute approximate surface area is 133 Å². The largest absolute Gasteiger partial charge is 0.482 e. The van der Waals surface area contributed by atoms with Crippen molar-refractivity contribution < 1.29 is 14.3 Å². The van der Waals surface area contributed by atoms with Crippen LogP contribution in [0.3, 0.4) is 0 Å². The first-order chi connectivity index (χ1) is 11.0. The topological polar surface area (TPSA) is 81.4 Å². The van der Waals surface area contributed by atoms with E-state index in [-0.39, 0.29) is 12.5 Å². The number of amides is 2. The Hall–Kier alpha value is -3.08. The second kappa shape index (κ2) is 5.96. The van der Waals surface area contributed by atoms with E-state index < -0.39 is 5.91 Å². The Morgan fingerprint density at radius 1 is 1.22 bits per heavy atom. The first-order valence-electron chi connectivity index (χ1n) is 7.18. The van der Waals surface area contributed by atoms with Crippen molar-refractivity contribution in [2.75, 3.05) is 11.9 Å². The van der Waals surface area contributed by atoms with Crippen LogP contribution < -0.4 is 15.8 Å². The molecule has 3 rings (SSSR count). The zero-order valence-electron chi connectivity index (χ0n) is 12.6. The van der Waals surface area contributed by atoms with Crippen molar-refractivity contribution >= 4 is 29.7 Å². The Kier molecular flexibility index (Phi) is 3.85. The standard InChI is InChI=1S/C18H16N2O3/c1-11-8-14(18(19)22)6-5-13(11)4-2-12-3-7-16-15(9-12)20-17(21)10-23-16/h2-9H,10H2,1H3,(H2,19,22)(H,20,21). The number of hydrogen-bond acceptors (Lipinski definition) is 3. The van der Waals surface area contributed by atoms with Gasteiger partial charge in [-0.3, -0.25) is 9.59 Å². The maximum Gasteiger partial charge on any atom is 0.262 e. The van der Waals surface area contributed by atoms with E-state index in [0.717, 1.165) is 16.7 Å². The van der Waals surface area contributed by atoms with Crippen LogP contribution in [0.4, 0.5) is 5.69 Å². The third-order valence-corrected chi connectivity index (χ3v) is 3.65. The Balaban J connectivity index is 1.84. The van der Waals surface area contributed by atoms with E-state index in [2.05, 4.69) is 5.32 Å². The summed E-state index contributed by atoms with van der Waals surface area (Å²) in [4.78, 5) is 22.5. The van der Waals surface area contributed by atoms with Crippen molar-refractivity contribution in [2.45, 2.75) is 6.92 Å². The van der Waals surface area contributed by atoms with Crippen molar-refractivity contribution in [3.8, 4) is 5.75 Å². The number of benzene rings is 2. The molecule has 0 unspecified atom stereocenters. The van der Waals surface area contributed by atoms with Gasteiger partial charge < -0.3 is 15.8 Å². The van der Waals surface area contributed by atoms with E-state index in [1.54, 1.807) is 12.1 Å². The minimum atomic E-state index is -0.436. The lowest BCUT2D eigenvalue weighted by atomic mass is 10.0. The van der Waals surface area contributed by atoms with Crippen molar-refractivity contribution in [3.63, 3.8) is 0 Å². The Bertz CT molecular complexity index is 825. The number of carbonyl (C=O) groups excluding carboxylic acids is 2. The molecular weight excluding hydrogens is 292 g/mol. The van der Waals surface area contributed by atoms with E-state index in [0.29, 0.717) is 17.0 Å². The molecule has 0 saturated heterocycles. The van der Waals surface area contributed by atoms with Gasteiger partial charge in [-0.2, -0.15) is 0 Å². The molecular formula is C18H16N2O3. The summed E-state index contributed by atoms with van der Waals surface area (Å²) in [6, 6.07) is 10.9. The summed E-state index contributed by atoms with van der Waals surface area (Å²) in [5.74, 6) is 0.0781. The fraction of sp³-hybridized carbons (Fsp3) is 0.111. The van der Waals surface area contributed by atoms with Crippen molar-refractivity contribution in [3.05, 3.63) is 58.7 Å². The van der Waals surface area contributed by atoms with Crippen LogP contribution in [-0.4, -0.2) is 18.4 Å². The normalized spacial score (nSPS) is 13.3. The highest BCUT2D eigenvalue weighted by Crippen LogP contribution is 2.29. The molecule has 0 fully saturated rings. The quantitative estimate of drug-likeness (QED) is 0.855. The van der Waals surface area contributed by atoms with Gasteiger partial charge in [0.2, 0.25) is 5.91 Å². The molecule has 2 amide bonds. The van der Waals surface area contributed by atoms with Crippen LogP contribution in [0.2, 0.25) is 0 Å². The number of ether oxygens (including phenoxy) is 1. The minimum absolute atomic E-state index is 0.0492. The van der Waals surface area contributed by atoms with Gasteiger partial charge in [0.05, 0.1) is 5.69 Å². The van der Waals surface area contributed by atoms with Gasteiger partial charge >= 0.3 is 0 Å². The second-order valence-electron chi connectivity index (χ2n) is 5.36.